The molecule has 1 heterocycles. The van der Waals surface area contributed by atoms with Crippen LogP contribution in [0, 0.1) is 6.92 Å². The van der Waals surface area contributed by atoms with Crippen molar-refractivity contribution in [3.05, 3.63) is 65.0 Å². The van der Waals surface area contributed by atoms with Crippen LogP contribution in [0.2, 0.25) is 0 Å². The molecule has 0 fully saturated rings. The molecule has 18 heavy (non-hydrogen) atoms. The maximum atomic E-state index is 3.47. The first-order chi connectivity index (χ1) is 8.81. The van der Waals surface area contributed by atoms with Gasteiger partial charge in [0, 0.05) is 16.9 Å². The summed E-state index contributed by atoms with van der Waals surface area (Å²) < 4.78 is 1.34. The van der Waals surface area contributed by atoms with Gasteiger partial charge in [-0.05, 0) is 47.5 Å². The molecule has 3 rings (SSSR count). The van der Waals surface area contributed by atoms with Gasteiger partial charge < -0.3 is 5.32 Å². The average molecular weight is 253 g/mol. The van der Waals surface area contributed by atoms with Gasteiger partial charge in [-0.15, -0.1) is 11.3 Å². The minimum Gasteiger partial charge on any atom is -0.381 e. The summed E-state index contributed by atoms with van der Waals surface area (Å²) in [6.45, 7) is 3.00. The topological polar surface area (TPSA) is 12.0 Å². The van der Waals surface area contributed by atoms with E-state index in [-0.39, 0.29) is 0 Å². The number of aryl methyl sites for hydroxylation is 1. The molecule has 0 spiro atoms. The van der Waals surface area contributed by atoms with Gasteiger partial charge in [0.15, 0.2) is 0 Å². The third kappa shape index (κ3) is 2.39. The van der Waals surface area contributed by atoms with Crippen molar-refractivity contribution in [3.63, 3.8) is 0 Å². The molecule has 3 aromatic rings. The summed E-state index contributed by atoms with van der Waals surface area (Å²) in [4.78, 5) is 0. The zero-order valence-corrected chi connectivity index (χ0v) is 11.1. The van der Waals surface area contributed by atoms with E-state index in [0.29, 0.717) is 0 Å². The van der Waals surface area contributed by atoms with E-state index in [2.05, 4.69) is 66.2 Å². The van der Waals surface area contributed by atoms with Crippen LogP contribution in [0.5, 0.6) is 0 Å². The molecule has 0 saturated heterocycles. The first-order valence-electron chi connectivity index (χ1n) is 6.08. The minimum atomic E-state index is 0.872. The predicted octanol–water partition coefficient (Wildman–Crippen LogP) is 4.82. The van der Waals surface area contributed by atoms with E-state index in [4.69, 9.17) is 0 Å². The molecule has 2 aromatic carbocycles. The van der Waals surface area contributed by atoms with Crippen molar-refractivity contribution in [1.82, 2.24) is 0 Å². The summed E-state index contributed by atoms with van der Waals surface area (Å²) in [6, 6.07) is 17.3. The van der Waals surface area contributed by atoms with Gasteiger partial charge in [0.2, 0.25) is 0 Å². The predicted molar refractivity (Wildman–Crippen MR) is 80.3 cm³/mol. The summed E-state index contributed by atoms with van der Waals surface area (Å²) in [5.74, 6) is 0. The van der Waals surface area contributed by atoms with E-state index in [1.165, 1.54) is 26.9 Å². The van der Waals surface area contributed by atoms with E-state index < -0.39 is 0 Å². The lowest BCUT2D eigenvalue weighted by Crippen LogP contribution is -1.99. The number of nitrogens with one attached hydrogen (secondary N) is 1. The fraction of sp³-hybridized carbons (Fsp3) is 0.125. The van der Waals surface area contributed by atoms with Crippen LogP contribution in [0.4, 0.5) is 5.69 Å². The maximum absolute atomic E-state index is 3.47. The van der Waals surface area contributed by atoms with E-state index in [1.807, 2.05) is 0 Å². The van der Waals surface area contributed by atoms with Gasteiger partial charge in [-0.1, -0.05) is 29.8 Å². The molecule has 0 aliphatic rings. The van der Waals surface area contributed by atoms with Gasteiger partial charge in [0.05, 0.1) is 0 Å². The summed E-state index contributed by atoms with van der Waals surface area (Å²) in [6.07, 6.45) is 0. The largest absolute Gasteiger partial charge is 0.381 e. The van der Waals surface area contributed by atoms with Gasteiger partial charge in [-0.25, -0.2) is 0 Å². The molecular weight excluding hydrogens is 238 g/mol. The van der Waals surface area contributed by atoms with Crippen LogP contribution >= 0.6 is 11.3 Å². The first kappa shape index (κ1) is 11.3. The number of hydrogen-bond acceptors (Lipinski definition) is 2. The summed E-state index contributed by atoms with van der Waals surface area (Å²) in [7, 11) is 0. The lowest BCUT2D eigenvalue weighted by atomic mass is 10.1. The Hall–Kier alpha value is -1.80. The molecule has 0 radical (unpaired) electrons. The third-order valence-electron chi connectivity index (χ3n) is 3.03. The number of hydrogen-bond donors (Lipinski definition) is 1. The molecular formula is C16H15NS. The minimum absolute atomic E-state index is 0.872. The van der Waals surface area contributed by atoms with E-state index >= 15 is 0 Å². The molecule has 0 aliphatic heterocycles. The highest BCUT2D eigenvalue weighted by Gasteiger charge is 1.98. The number of rotatable bonds is 3. The molecule has 0 saturated carbocycles. The summed E-state index contributed by atoms with van der Waals surface area (Å²) >= 11 is 1.78. The zero-order chi connectivity index (χ0) is 12.4. The Balaban J connectivity index is 1.76. The molecule has 90 valence electrons. The molecule has 0 amide bonds. The Kier molecular flexibility index (Phi) is 3.03. The smallest absolute Gasteiger partial charge is 0.0400 e. The van der Waals surface area contributed by atoms with E-state index in [9.17, 15) is 0 Å². The van der Waals surface area contributed by atoms with Crippen LogP contribution in [0.25, 0.3) is 10.1 Å². The Morgan fingerprint density at radius 1 is 1.06 bits per heavy atom. The van der Waals surface area contributed by atoms with Gasteiger partial charge in [-0.2, -0.15) is 0 Å². The Morgan fingerprint density at radius 3 is 2.89 bits per heavy atom. The first-order valence-corrected chi connectivity index (χ1v) is 6.96. The quantitative estimate of drug-likeness (QED) is 0.705. The van der Waals surface area contributed by atoms with E-state index in [0.717, 1.165) is 6.54 Å². The second-order valence-electron chi connectivity index (χ2n) is 4.52. The van der Waals surface area contributed by atoms with Crippen molar-refractivity contribution in [1.29, 1.82) is 0 Å². The standard InChI is InChI=1S/C16H15NS/c1-12-3-2-4-13(9-12)11-17-15-5-6-16-14(10-15)7-8-18-16/h2-10,17H,11H2,1H3. The number of fused-ring (bicyclic) bond motifs is 1. The van der Waals surface area contributed by atoms with Crippen molar-refractivity contribution < 1.29 is 0 Å². The summed E-state index contributed by atoms with van der Waals surface area (Å²) in [5.41, 5.74) is 3.81. The number of anilines is 1. The average Bonchev–Trinajstić information content (AvgIpc) is 2.84. The lowest BCUT2D eigenvalue weighted by Gasteiger charge is -2.07. The SMILES string of the molecule is Cc1cccc(CNc2ccc3sccc3c2)c1. The van der Waals surface area contributed by atoms with Gasteiger partial charge in [-0.3, -0.25) is 0 Å². The fourth-order valence-corrected chi connectivity index (χ4v) is 2.87. The second-order valence-corrected chi connectivity index (χ2v) is 5.46. The van der Waals surface area contributed by atoms with Crippen molar-refractivity contribution in [2.75, 3.05) is 5.32 Å². The molecule has 0 bridgehead atoms. The molecule has 2 heteroatoms. The number of thiophene rings is 1. The molecule has 0 atom stereocenters. The molecule has 0 unspecified atom stereocenters. The zero-order valence-electron chi connectivity index (χ0n) is 10.3. The van der Waals surface area contributed by atoms with Crippen LogP contribution in [-0.4, -0.2) is 0 Å². The van der Waals surface area contributed by atoms with Crippen molar-refractivity contribution in [3.8, 4) is 0 Å². The Morgan fingerprint density at radius 2 is 2.00 bits per heavy atom. The third-order valence-corrected chi connectivity index (χ3v) is 3.93. The molecule has 0 aliphatic carbocycles. The van der Waals surface area contributed by atoms with Crippen LogP contribution in [0.15, 0.2) is 53.9 Å². The molecule has 1 aromatic heterocycles. The van der Waals surface area contributed by atoms with Gasteiger partial charge >= 0.3 is 0 Å². The normalized spacial score (nSPS) is 10.7. The monoisotopic (exact) mass is 253 g/mol. The maximum Gasteiger partial charge on any atom is 0.0400 e. The Labute approximate surface area is 111 Å². The fourth-order valence-electron chi connectivity index (χ4n) is 2.10. The van der Waals surface area contributed by atoms with Gasteiger partial charge in [0.25, 0.3) is 0 Å². The van der Waals surface area contributed by atoms with Gasteiger partial charge in [0.1, 0.15) is 0 Å². The van der Waals surface area contributed by atoms with Crippen molar-refractivity contribution in [2.24, 2.45) is 0 Å². The molecule has 1 N–H and O–H groups in total. The number of benzene rings is 2. The molecule has 1 nitrogen and oxygen atoms in total. The van der Waals surface area contributed by atoms with Crippen LogP contribution in [-0.2, 0) is 6.54 Å². The van der Waals surface area contributed by atoms with Crippen molar-refractivity contribution >= 4 is 27.1 Å². The highest BCUT2D eigenvalue weighted by atomic mass is 32.1. The van der Waals surface area contributed by atoms with Crippen LogP contribution in [0.1, 0.15) is 11.1 Å². The lowest BCUT2D eigenvalue weighted by molar-refractivity contribution is 1.14. The van der Waals surface area contributed by atoms with Crippen LogP contribution in [0.3, 0.4) is 0 Å². The second kappa shape index (κ2) is 4.83. The van der Waals surface area contributed by atoms with Crippen LogP contribution < -0.4 is 5.32 Å². The highest BCUT2D eigenvalue weighted by molar-refractivity contribution is 7.17. The van der Waals surface area contributed by atoms with Crippen molar-refractivity contribution in [2.45, 2.75) is 13.5 Å². The Bertz CT molecular complexity index is 669. The summed E-state index contributed by atoms with van der Waals surface area (Å²) in [5, 5.41) is 6.92. The van der Waals surface area contributed by atoms with E-state index in [1.54, 1.807) is 11.3 Å². The highest BCUT2D eigenvalue weighted by Crippen LogP contribution is 2.24.